The number of hydrogen-bond donors (Lipinski definition) is 0. The Morgan fingerprint density at radius 3 is 2.42 bits per heavy atom. The molecule has 4 heteroatoms. The van der Waals surface area contributed by atoms with Crippen LogP contribution in [0.5, 0.6) is 0 Å². The number of rotatable bonds is 5. The molecule has 0 aliphatic carbocycles. The van der Waals surface area contributed by atoms with Gasteiger partial charge in [0.2, 0.25) is 0 Å². The van der Waals surface area contributed by atoms with Gasteiger partial charge in [-0.3, -0.25) is 0 Å². The van der Waals surface area contributed by atoms with Crippen molar-refractivity contribution in [1.29, 1.82) is 0 Å². The second-order valence-corrected chi connectivity index (χ2v) is 2.42. The first-order chi connectivity index (χ1) is 5.56. The van der Waals surface area contributed by atoms with Crippen molar-refractivity contribution >= 4 is 0 Å². The fourth-order valence-corrected chi connectivity index (χ4v) is 0.629. The fourth-order valence-electron chi connectivity index (χ4n) is 0.629. The zero-order valence-electron chi connectivity index (χ0n) is 7.03. The highest BCUT2D eigenvalue weighted by atomic mass is 19.4. The second kappa shape index (κ2) is 5.91. The maximum absolute atomic E-state index is 11.5. The van der Waals surface area contributed by atoms with E-state index in [1.807, 2.05) is 6.92 Å². The summed E-state index contributed by atoms with van der Waals surface area (Å²) in [6.45, 7) is 2.38. The Hall–Kier alpha value is -0.670. The average Bonchev–Trinajstić information content (AvgIpc) is 1.94. The fraction of sp³-hybridized carbons (Fsp3) is 0.750. The Bertz CT molecular complexity index is 129. The monoisotopic (exact) mass is 182 g/mol. The number of halogens is 3. The third-order valence-electron chi connectivity index (χ3n) is 1.22. The zero-order valence-corrected chi connectivity index (χ0v) is 7.03. The molecule has 0 aromatic rings. The Morgan fingerprint density at radius 2 is 1.92 bits per heavy atom. The van der Waals surface area contributed by atoms with Crippen molar-refractivity contribution in [3.63, 3.8) is 0 Å². The Kier molecular flexibility index (Phi) is 5.58. The normalized spacial score (nSPS) is 12.3. The third kappa shape index (κ3) is 9.33. The van der Waals surface area contributed by atoms with Gasteiger partial charge in [-0.2, -0.15) is 13.2 Å². The van der Waals surface area contributed by atoms with Crippen LogP contribution in [0.1, 0.15) is 26.2 Å². The molecule has 12 heavy (non-hydrogen) atoms. The molecule has 0 bridgehead atoms. The smallest absolute Gasteiger partial charge is 0.412 e. The molecule has 0 spiro atoms. The minimum atomic E-state index is -4.26. The lowest BCUT2D eigenvalue weighted by molar-refractivity contribution is -0.0816. The molecule has 1 nitrogen and oxygen atoms in total. The summed E-state index contributed by atoms with van der Waals surface area (Å²) in [5, 5.41) is 0. The van der Waals surface area contributed by atoms with Gasteiger partial charge in [0.05, 0.1) is 18.9 Å². The summed E-state index contributed by atoms with van der Waals surface area (Å²) in [5.41, 5.74) is 0. The van der Waals surface area contributed by atoms with Gasteiger partial charge < -0.3 is 4.74 Å². The summed E-state index contributed by atoms with van der Waals surface area (Å²) >= 11 is 0. The molecule has 0 N–H and O–H groups in total. The average molecular weight is 182 g/mol. The van der Waals surface area contributed by atoms with E-state index in [0.29, 0.717) is 12.9 Å². The van der Waals surface area contributed by atoms with Gasteiger partial charge in [0.25, 0.3) is 0 Å². The van der Waals surface area contributed by atoms with Crippen molar-refractivity contribution in [3.8, 4) is 0 Å². The maximum atomic E-state index is 11.5. The molecule has 0 heterocycles. The predicted octanol–water partition coefficient (Wildman–Crippen LogP) is 3.27. The summed E-state index contributed by atoms with van der Waals surface area (Å²) in [6.07, 6.45) is -0.635. The molecule has 0 radical (unpaired) electrons. The first-order valence-corrected chi connectivity index (χ1v) is 3.92. The van der Waals surface area contributed by atoms with Crippen LogP contribution in [-0.2, 0) is 4.74 Å². The Labute approximate surface area is 70.2 Å². The van der Waals surface area contributed by atoms with Crippen LogP contribution in [0, 0.1) is 0 Å². The van der Waals surface area contributed by atoms with Crippen LogP contribution in [0.15, 0.2) is 12.3 Å². The van der Waals surface area contributed by atoms with E-state index < -0.39 is 6.18 Å². The van der Waals surface area contributed by atoms with Crippen LogP contribution in [0.3, 0.4) is 0 Å². The molecule has 0 aliphatic rings. The van der Waals surface area contributed by atoms with Gasteiger partial charge >= 0.3 is 6.18 Å². The lowest BCUT2D eigenvalue weighted by Crippen LogP contribution is -2.01. The molecule has 0 fully saturated rings. The Morgan fingerprint density at radius 1 is 1.25 bits per heavy atom. The van der Waals surface area contributed by atoms with E-state index in [-0.39, 0.29) is 6.08 Å². The highest BCUT2D eigenvalue weighted by molar-refractivity contribution is 4.82. The van der Waals surface area contributed by atoms with Gasteiger partial charge in [0, 0.05) is 0 Å². The van der Waals surface area contributed by atoms with Gasteiger partial charge in [-0.1, -0.05) is 19.8 Å². The van der Waals surface area contributed by atoms with Crippen LogP contribution < -0.4 is 0 Å². The zero-order chi connectivity index (χ0) is 9.45. The molecule has 72 valence electrons. The van der Waals surface area contributed by atoms with Crippen molar-refractivity contribution < 1.29 is 17.9 Å². The largest absolute Gasteiger partial charge is 0.501 e. The van der Waals surface area contributed by atoms with E-state index in [9.17, 15) is 13.2 Å². The van der Waals surface area contributed by atoms with Crippen molar-refractivity contribution in [3.05, 3.63) is 12.3 Å². The predicted molar refractivity (Wildman–Crippen MR) is 40.7 cm³/mol. The maximum Gasteiger partial charge on any atom is 0.412 e. The summed E-state index contributed by atoms with van der Waals surface area (Å²) in [7, 11) is 0. The lowest BCUT2D eigenvalue weighted by atomic mass is 10.3. The second-order valence-electron chi connectivity index (χ2n) is 2.42. The van der Waals surface area contributed by atoms with E-state index in [0.717, 1.165) is 19.3 Å². The van der Waals surface area contributed by atoms with Crippen LogP contribution in [0.4, 0.5) is 13.2 Å². The van der Waals surface area contributed by atoms with Gasteiger partial charge in [-0.05, 0) is 6.42 Å². The molecule has 0 rings (SSSR count). The molecule has 0 amide bonds. The van der Waals surface area contributed by atoms with E-state index in [1.54, 1.807) is 0 Å². The first-order valence-electron chi connectivity index (χ1n) is 3.92. The van der Waals surface area contributed by atoms with Crippen molar-refractivity contribution in [1.82, 2.24) is 0 Å². The van der Waals surface area contributed by atoms with Gasteiger partial charge in [-0.15, -0.1) is 0 Å². The molecule has 0 saturated heterocycles. The Balaban J connectivity index is 3.25. The highest BCUT2D eigenvalue weighted by Gasteiger charge is 2.22. The van der Waals surface area contributed by atoms with Gasteiger partial charge in [0.15, 0.2) is 0 Å². The molecular weight excluding hydrogens is 169 g/mol. The number of allylic oxidation sites excluding steroid dienone is 1. The number of ether oxygens (including phenoxy) is 1. The summed E-state index contributed by atoms with van der Waals surface area (Å²) in [5.74, 6) is 0. The van der Waals surface area contributed by atoms with E-state index in [1.165, 1.54) is 0 Å². The minimum Gasteiger partial charge on any atom is -0.501 e. The lowest BCUT2D eigenvalue weighted by Gasteiger charge is -2.00. The van der Waals surface area contributed by atoms with Crippen LogP contribution in [0.25, 0.3) is 0 Å². The minimum absolute atomic E-state index is 0.0962. The molecule has 0 unspecified atom stereocenters. The quantitative estimate of drug-likeness (QED) is 0.468. The van der Waals surface area contributed by atoms with Crippen molar-refractivity contribution in [2.24, 2.45) is 0 Å². The SMILES string of the molecule is CCCCCO/C=C/C(F)(F)F. The highest BCUT2D eigenvalue weighted by Crippen LogP contribution is 2.15. The van der Waals surface area contributed by atoms with E-state index in [4.69, 9.17) is 0 Å². The van der Waals surface area contributed by atoms with Crippen LogP contribution in [0.2, 0.25) is 0 Å². The van der Waals surface area contributed by atoms with Gasteiger partial charge in [-0.25, -0.2) is 0 Å². The molecule has 0 aromatic carbocycles. The summed E-state index contributed by atoms with van der Waals surface area (Å²) < 4.78 is 39.0. The molecular formula is C8H13F3O. The van der Waals surface area contributed by atoms with Gasteiger partial charge in [0.1, 0.15) is 0 Å². The molecule has 0 aliphatic heterocycles. The van der Waals surface area contributed by atoms with Crippen LogP contribution >= 0.6 is 0 Å². The van der Waals surface area contributed by atoms with Crippen molar-refractivity contribution in [2.45, 2.75) is 32.4 Å². The summed E-state index contributed by atoms with van der Waals surface area (Å²) in [4.78, 5) is 0. The summed E-state index contributed by atoms with van der Waals surface area (Å²) in [6, 6.07) is 0. The van der Waals surface area contributed by atoms with E-state index in [2.05, 4.69) is 4.74 Å². The third-order valence-corrected chi connectivity index (χ3v) is 1.22. The number of unbranched alkanes of at least 4 members (excludes halogenated alkanes) is 2. The standard InChI is InChI=1S/C8H13F3O/c1-2-3-4-6-12-7-5-8(9,10)11/h5,7H,2-4,6H2,1H3/b7-5+. The molecule has 0 aromatic heterocycles. The first kappa shape index (κ1) is 11.3. The number of alkyl halides is 3. The number of hydrogen-bond acceptors (Lipinski definition) is 1. The molecule has 0 saturated carbocycles. The molecule has 0 atom stereocenters. The topological polar surface area (TPSA) is 9.23 Å². The van der Waals surface area contributed by atoms with Crippen LogP contribution in [-0.4, -0.2) is 12.8 Å². The van der Waals surface area contributed by atoms with E-state index >= 15 is 0 Å². The van der Waals surface area contributed by atoms with Crippen molar-refractivity contribution in [2.75, 3.05) is 6.61 Å².